The number of halogens is 4. The molecule has 2 heterocycles. The second-order valence-electron chi connectivity index (χ2n) is 10.6. The van der Waals surface area contributed by atoms with E-state index in [1.807, 2.05) is 29.2 Å². The first-order valence-corrected chi connectivity index (χ1v) is 15.7. The average molecular weight is 704 g/mol. The molecule has 0 amide bonds. The Balaban J connectivity index is 1.38. The molecule has 1 fully saturated rings. The van der Waals surface area contributed by atoms with Crippen molar-refractivity contribution in [2.45, 2.75) is 50.7 Å². The van der Waals surface area contributed by atoms with Gasteiger partial charge in [-0.25, -0.2) is 17.2 Å². The predicted molar refractivity (Wildman–Crippen MR) is 155 cm³/mol. The zero-order valence-electron chi connectivity index (χ0n) is 22.3. The van der Waals surface area contributed by atoms with E-state index in [1.165, 1.54) is 17.9 Å². The Morgan fingerprint density at radius 1 is 1.02 bits per heavy atom. The van der Waals surface area contributed by atoms with E-state index in [9.17, 15) is 22.0 Å². The van der Waals surface area contributed by atoms with Gasteiger partial charge in [-0.1, -0.05) is 45.0 Å². The molecule has 1 aliphatic rings. The molecule has 1 aliphatic heterocycles. The topological polar surface area (TPSA) is 80.1 Å². The molecule has 3 aromatic rings. The minimum Gasteiger partial charge on any atom is -0.482 e. The van der Waals surface area contributed by atoms with Crippen molar-refractivity contribution in [1.82, 2.24) is 9.21 Å². The highest BCUT2D eigenvalue weighted by molar-refractivity contribution is 9.11. The molecule has 0 spiro atoms. The number of nitrogens with zero attached hydrogens (tertiary/aromatic N) is 2. The van der Waals surface area contributed by atoms with Crippen LogP contribution in [0.1, 0.15) is 44.1 Å². The van der Waals surface area contributed by atoms with Crippen molar-refractivity contribution in [1.29, 1.82) is 0 Å². The number of rotatable bonds is 7. The first-order chi connectivity index (χ1) is 18.8. The molecule has 40 heavy (non-hydrogen) atoms. The van der Waals surface area contributed by atoms with Crippen molar-refractivity contribution in [2.24, 2.45) is 0 Å². The minimum absolute atomic E-state index is 0.0456. The van der Waals surface area contributed by atoms with Gasteiger partial charge < -0.3 is 9.15 Å². The van der Waals surface area contributed by atoms with Crippen LogP contribution in [-0.4, -0.2) is 43.8 Å². The molecule has 0 atom stereocenters. The van der Waals surface area contributed by atoms with E-state index in [-0.39, 0.29) is 47.3 Å². The maximum absolute atomic E-state index is 14.7. The van der Waals surface area contributed by atoms with Gasteiger partial charge in [0, 0.05) is 25.7 Å². The van der Waals surface area contributed by atoms with Crippen LogP contribution in [0.25, 0.3) is 0 Å². The SMILES string of the molecule is CC(C)(C)c1ccc(COc2coc(CN3CCCN(S(=O)(=O)c4c(F)c(Br)cc(F)c4Br)CC3)cc2=O)cc1. The Morgan fingerprint density at radius 3 is 2.38 bits per heavy atom. The summed E-state index contributed by atoms with van der Waals surface area (Å²) in [4.78, 5) is 13.9. The molecule has 0 N–H and O–H groups in total. The van der Waals surface area contributed by atoms with Crippen molar-refractivity contribution in [2.75, 3.05) is 26.2 Å². The van der Waals surface area contributed by atoms with Gasteiger partial charge >= 0.3 is 0 Å². The zero-order valence-corrected chi connectivity index (χ0v) is 26.3. The fourth-order valence-electron chi connectivity index (χ4n) is 4.36. The molecule has 0 aliphatic carbocycles. The van der Waals surface area contributed by atoms with Crippen molar-refractivity contribution in [3.8, 4) is 5.75 Å². The van der Waals surface area contributed by atoms with Crippen LogP contribution < -0.4 is 10.2 Å². The van der Waals surface area contributed by atoms with Crippen LogP contribution in [0.5, 0.6) is 5.75 Å². The van der Waals surface area contributed by atoms with Gasteiger partial charge in [0.05, 0.1) is 15.5 Å². The number of sulfonamides is 1. The largest absolute Gasteiger partial charge is 0.482 e. The lowest BCUT2D eigenvalue weighted by molar-refractivity contribution is 0.245. The lowest BCUT2D eigenvalue weighted by Gasteiger charge is -2.22. The molecule has 1 saturated heterocycles. The van der Waals surface area contributed by atoms with Gasteiger partial charge in [0.15, 0.2) is 5.82 Å². The van der Waals surface area contributed by atoms with Crippen LogP contribution >= 0.6 is 31.9 Å². The second kappa shape index (κ2) is 12.4. The third-order valence-corrected chi connectivity index (χ3v) is 10.2. The van der Waals surface area contributed by atoms with E-state index < -0.39 is 31.0 Å². The quantitative estimate of drug-likeness (QED) is 0.272. The number of hydrogen-bond donors (Lipinski definition) is 0. The van der Waals surface area contributed by atoms with Crippen molar-refractivity contribution in [3.63, 3.8) is 0 Å². The molecule has 0 saturated carbocycles. The minimum atomic E-state index is -4.31. The van der Waals surface area contributed by atoms with E-state index >= 15 is 0 Å². The van der Waals surface area contributed by atoms with Crippen LogP contribution in [-0.2, 0) is 28.6 Å². The highest BCUT2D eigenvalue weighted by atomic mass is 79.9. The smallest absolute Gasteiger partial charge is 0.247 e. The van der Waals surface area contributed by atoms with Gasteiger partial charge in [0.1, 0.15) is 29.3 Å². The van der Waals surface area contributed by atoms with E-state index in [4.69, 9.17) is 9.15 Å². The van der Waals surface area contributed by atoms with Crippen LogP contribution in [0.3, 0.4) is 0 Å². The second-order valence-corrected chi connectivity index (χ2v) is 14.2. The Bertz CT molecular complexity index is 1510. The van der Waals surface area contributed by atoms with Gasteiger partial charge in [-0.3, -0.25) is 9.69 Å². The Hall–Kier alpha value is -2.12. The highest BCUT2D eigenvalue weighted by Gasteiger charge is 2.34. The Labute approximate surface area is 249 Å². The molecule has 0 bridgehead atoms. The maximum atomic E-state index is 14.7. The number of ether oxygens (including phenoxy) is 1. The van der Waals surface area contributed by atoms with Crippen LogP contribution in [0, 0.1) is 11.6 Å². The molecule has 0 radical (unpaired) electrons. The summed E-state index contributed by atoms with van der Waals surface area (Å²) in [6, 6.07) is 10.3. The molecular weight excluding hydrogens is 674 g/mol. The van der Waals surface area contributed by atoms with E-state index in [1.54, 1.807) is 0 Å². The maximum Gasteiger partial charge on any atom is 0.247 e. The third kappa shape index (κ3) is 7.02. The molecule has 2 aromatic carbocycles. The Morgan fingerprint density at radius 2 is 1.73 bits per heavy atom. The van der Waals surface area contributed by atoms with Crippen LogP contribution in [0.2, 0.25) is 0 Å². The van der Waals surface area contributed by atoms with Crippen molar-refractivity contribution >= 4 is 41.9 Å². The van der Waals surface area contributed by atoms with Gasteiger partial charge in [-0.2, -0.15) is 4.31 Å². The lowest BCUT2D eigenvalue weighted by Crippen LogP contribution is -2.36. The summed E-state index contributed by atoms with van der Waals surface area (Å²) in [6.45, 7) is 7.94. The van der Waals surface area contributed by atoms with Crippen LogP contribution in [0.15, 0.2) is 65.7 Å². The van der Waals surface area contributed by atoms with Crippen molar-refractivity contribution < 1.29 is 26.4 Å². The van der Waals surface area contributed by atoms with E-state index in [2.05, 4.69) is 52.6 Å². The summed E-state index contributed by atoms with van der Waals surface area (Å²) in [6.07, 6.45) is 1.74. The van der Waals surface area contributed by atoms with Gasteiger partial charge in [0.25, 0.3) is 0 Å². The third-order valence-electron chi connectivity index (χ3n) is 6.66. The number of hydrogen-bond acceptors (Lipinski definition) is 6. The highest BCUT2D eigenvalue weighted by Crippen LogP contribution is 2.35. The summed E-state index contributed by atoms with van der Waals surface area (Å²) in [5, 5.41) is 0. The monoisotopic (exact) mass is 702 g/mol. The standard InChI is InChI=1S/C28H30Br2F2N2O5S/c1-28(2,3)19-7-5-18(6-8-19)16-39-24-17-38-20(13-23(24)35)15-33-9-4-10-34(12-11-33)40(36,37)27-25(30)22(31)14-21(29)26(27)32/h5-8,13-14,17H,4,9-12,15-16H2,1-3H3. The van der Waals surface area contributed by atoms with E-state index in [0.29, 0.717) is 25.3 Å². The molecule has 7 nitrogen and oxygen atoms in total. The predicted octanol–water partition coefficient (Wildman–Crippen LogP) is 6.22. The summed E-state index contributed by atoms with van der Waals surface area (Å²) >= 11 is 5.76. The fraction of sp³-hybridized carbons (Fsp3) is 0.393. The van der Waals surface area contributed by atoms with Gasteiger partial charge in [-0.05, 0) is 67.4 Å². The summed E-state index contributed by atoms with van der Waals surface area (Å²) < 4.78 is 67.1. The van der Waals surface area contributed by atoms with Crippen LogP contribution in [0.4, 0.5) is 8.78 Å². The zero-order chi connectivity index (χ0) is 29.2. The first-order valence-electron chi connectivity index (χ1n) is 12.7. The molecule has 4 rings (SSSR count). The first kappa shape index (κ1) is 30.8. The normalized spacial score (nSPS) is 15.7. The van der Waals surface area contributed by atoms with E-state index in [0.717, 1.165) is 15.9 Å². The molecule has 216 valence electrons. The fourth-order valence-corrected chi connectivity index (χ4v) is 7.40. The summed E-state index contributed by atoms with van der Waals surface area (Å²) in [5.41, 5.74) is 1.86. The Kier molecular flexibility index (Phi) is 9.56. The molecule has 0 unspecified atom stereocenters. The van der Waals surface area contributed by atoms with Gasteiger partial charge in [-0.15, -0.1) is 0 Å². The summed E-state index contributed by atoms with van der Waals surface area (Å²) in [7, 11) is -4.31. The average Bonchev–Trinajstić information content (AvgIpc) is 3.13. The van der Waals surface area contributed by atoms with Gasteiger partial charge in [0.2, 0.25) is 21.2 Å². The molecular formula is C28H30Br2F2N2O5S. The lowest BCUT2D eigenvalue weighted by atomic mass is 9.87. The molecule has 12 heteroatoms. The number of benzene rings is 2. The summed E-state index contributed by atoms with van der Waals surface area (Å²) in [5.74, 6) is -1.43. The van der Waals surface area contributed by atoms with Crippen molar-refractivity contribution in [3.05, 3.63) is 90.4 Å². The molecule has 1 aromatic heterocycles.